The van der Waals surface area contributed by atoms with Crippen molar-refractivity contribution in [3.8, 4) is 11.6 Å². The van der Waals surface area contributed by atoms with Gasteiger partial charge < -0.3 is 19.7 Å². The molecular weight excluding hydrogens is 454 g/mol. The number of hydrogen-bond acceptors (Lipinski definition) is 6. The number of amides is 1. The van der Waals surface area contributed by atoms with E-state index in [9.17, 15) is 4.79 Å². The van der Waals surface area contributed by atoms with E-state index in [2.05, 4.69) is 39.5 Å². The number of carbonyl (C=O) groups is 1. The van der Waals surface area contributed by atoms with Crippen molar-refractivity contribution in [2.24, 2.45) is 0 Å². The van der Waals surface area contributed by atoms with Crippen molar-refractivity contribution in [2.45, 2.75) is 52.2 Å². The third kappa shape index (κ3) is 5.08. The highest BCUT2D eigenvalue weighted by Gasteiger charge is 2.25. The summed E-state index contributed by atoms with van der Waals surface area (Å²) in [6, 6.07) is 16.5. The number of aromatic nitrogens is 3. The van der Waals surface area contributed by atoms with Crippen LogP contribution >= 0.6 is 0 Å². The second kappa shape index (κ2) is 9.68. The van der Waals surface area contributed by atoms with E-state index < -0.39 is 5.60 Å². The van der Waals surface area contributed by atoms with Crippen LogP contribution in [-0.4, -0.2) is 52.0 Å². The molecule has 2 aromatic carbocycles. The largest absolute Gasteiger partial charge is 0.494 e. The molecule has 0 bridgehead atoms. The number of nitrogens with one attached hydrogen (secondary N) is 1. The Kier molecular flexibility index (Phi) is 6.43. The molecule has 5 rings (SSSR count). The Morgan fingerprint density at radius 2 is 1.92 bits per heavy atom. The highest BCUT2D eigenvalue weighted by atomic mass is 16.6. The Labute approximate surface area is 211 Å². The number of imidazole rings is 1. The molecule has 0 aliphatic carbocycles. The van der Waals surface area contributed by atoms with E-state index in [0.717, 1.165) is 65.1 Å². The average molecular weight is 488 g/mol. The number of nitrogens with zero attached hydrogens (tertiary/aromatic N) is 4. The molecule has 1 fully saturated rings. The highest BCUT2D eigenvalue weighted by Crippen LogP contribution is 2.30. The maximum absolute atomic E-state index is 12.2. The Morgan fingerprint density at radius 1 is 1.11 bits per heavy atom. The van der Waals surface area contributed by atoms with Gasteiger partial charge in [0.25, 0.3) is 0 Å². The second-order valence-electron chi connectivity index (χ2n) is 10.1. The van der Waals surface area contributed by atoms with Gasteiger partial charge in [0, 0.05) is 30.6 Å². The van der Waals surface area contributed by atoms with Crippen LogP contribution in [0.15, 0.2) is 54.9 Å². The molecule has 0 atom stereocenters. The highest BCUT2D eigenvalue weighted by molar-refractivity contribution is 5.92. The van der Waals surface area contributed by atoms with Crippen LogP contribution in [0.4, 0.5) is 10.5 Å². The van der Waals surface area contributed by atoms with E-state index in [1.165, 1.54) is 0 Å². The fraction of sp³-hybridized carbons (Fsp3) is 0.393. The van der Waals surface area contributed by atoms with Gasteiger partial charge in [0.2, 0.25) is 0 Å². The van der Waals surface area contributed by atoms with Gasteiger partial charge in [-0.05, 0) is 70.9 Å². The minimum Gasteiger partial charge on any atom is -0.494 e. The van der Waals surface area contributed by atoms with Crippen LogP contribution in [0.3, 0.4) is 0 Å². The smallest absolute Gasteiger partial charge is 0.407 e. The van der Waals surface area contributed by atoms with Crippen LogP contribution in [0.2, 0.25) is 0 Å². The molecule has 1 N–H and O–H groups in total. The Balaban J connectivity index is 1.37. The number of rotatable bonds is 5. The molecule has 8 nitrogen and oxygen atoms in total. The molecule has 36 heavy (non-hydrogen) atoms. The van der Waals surface area contributed by atoms with Crippen LogP contribution in [0.5, 0.6) is 5.75 Å². The summed E-state index contributed by atoms with van der Waals surface area (Å²) in [6.07, 6.45) is 3.16. The molecule has 1 saturated heterocycles. The molecule has 1 amide bonds. The SMILES string of the molecule is CCOc1ccc2c(c1)ncn2-c1ccc2cccc(N3CCC(NC(=O)OC(C)(C)C)CC3)c2n1. The normalized spacial score (nSPS) is 14.8. The number of pyridine rings is 1. The number of ether oxygens (including phenoxy) is 2. The Bertz CT molecular complexity index is 1380. The standard InChI is InChI=1S/C28H33N5O3/c1-5-35-21-10-11-23-22(17-21)29-18-33(23)25-12-9-19-7-6-8-24(26(19)31-25)32-15-13-20(14-16-32)30-27(34)36-28(2,3)4/h6-12,17-18,20H,5,13-16H2,1-4H3,(H,30,34). The number of alkyl carbamates (subject to hydrolysis) is 1. The van der Waals surface area contributed by atoms with Crippen molar-refractivity contribution >= 4 is 33.7 Å². The first-order valence-electron chi connectivity index (χ1n) is 12.6. The number of hydrogen-bond donors (Lipinski definition) is 1. The van der Waals surface area contributed by atoms with Gasteiger partial charge in [-0.1, -0.05) is 12.1 Å². The van der Waals surface area contributed by atoms with Gasteiger partial charge in [0.05, 0.1) is 28.8 Å². The summed E-state index contributed by atoms with van der Waals surface area (Å²) in [5.41, 5.74) is 3.42. The molecule has 188 valence electrons. The Morgan fingerprint density at radius 3 is 2.67 bits per heavy atom. The molecule has 2 aromatic heterocycles. The van der Waals surface area contributed by atoms with E-state index in [0.29, 0.717) is 6.61 Å². The zero-order valence-electron chi connectivity index (χ0n) is 21.3. The number of fused-ring (bicyclic) bond motifs is 2. The van der Waals surface area contributed by atoms with E-state index in [1.54, 1.807) is 0 Å². The lowest BCUT2D eigenvalue weighted by molar-refractivity contribution is 0.0497. The molecule has 0 saturated carbocycles. The maximum atomic E-state index is 12.2. The monoisotopic (exact) mass is 487 g/mol. The third-order valence-electron chi connectivity index (χ3n) is 6.32. The van der Waals surface area contributed by atoms with Gasteiger partial charge in [0.15, 0.2) is 0 Å². The van der Waals surface area contributed by atoms with Gasteiger partial charge in [0.1, 0.15) is 23.5 Å². The van der Waals surface area contributed by atoms with Crippen LogP contribution in [0.25, 0.3) is 27.8 Å². The number of carbonyl (C=O) groups excluding carboxylic acids is 1. The van der Waals surface area contributed by atoms with Gasteiger partial charge in [-0.15, -0.1) is 0 Å². The molecule has 0 unspecified atom stereocenters. The van der Waals surface area contributed by atoms with Crippen LogP contribution in [-0.2, 0) is 4.74 Å². The average Bonchev–Trinajstić information content (AvgIpc) is 3.26. The molecule has 1 aliphatic heterocycles. The quantitative estimate of drug-likeness (QED) is 0.402. The van der Waals surface area contributed by atoms with Crippen LogP contribution < -0.4 is 15.0 Å². The lowest BCUT2D eigenvalue weighted by atomic mass is 10.0. The van der Waals surface area contributed by atoms with Crippen molar-refractivity contribution < 1.29 is 14.3 Å². The summed E-state index contributed by atoms with van der Waals surface area (Å²) in [5, 5.41) is 4.11. The van der Waals surface area contributed by atoms with Crippen molar-refractivity contribution in [3.05, 3.63) is 54.9 Å². The lowest BCUT2D eigenvalue weighted by Crippen LogP contribution is -2.46. The van der Waals surface area contributed by atoms with Crippen molar-refractivity contribution in [1.29, 1.82) is 0 Å². The van der Waals surface area contributed by atoms with Crippen LogP contribution in [0, 0.1) is 0 Å². The lowest BCUT2D eigenvalue weighted by Gasteiger charge is -2.34. The van der Waals surface area contributed by atoms with Crippen molar-refractivity contribution in [3.63, 3.8) is 0 Å². The number of anilines is 1. The van der Waals surface area contributed by atoms with E-state index in [-0.39, 0.29) is 12.1 Å². The predicted octanol–water partition coefficient (Wildman–Crippen LogP) is 5.47. The zero-order valence-corrected chi connectivity index (χ0v) is 21.3. The molecule has 3 heterocycles. The maximum Gasteiger partial charge on any atom is 0.407 e. The van der Waals surface area contributed by atoms with Crippen molar-refractivity contribution in [2.75, 3.05) is 24.6 Å². The molecule has 0 radical (unpaired) electrons. The van der Waals surface area contributed by atoms with E-state index in [4.69, 9.17) is 14.5 Å². The molecule has 1 aliphatic rings. The summed E-state index contributed by atoms with van der Waals surface area (Å²) in [4.78, 5) is 24.2. The second-order valence-corrected chi connectivity index (χ2v) is 10.1. The number of piperidine rings is 1. The van der Waals surface area contributed by atoms with Gasteiger partial charge in [-0.3, -0.25) is 4.57 Å². The molecule has 0 spiro atoms. The van der Waals surface area contributed by atoms with Crippen molar-refractivity contribution in [1.82, 2.24) is 19.9 Å². The fourth-order valence-electron chi connectivity index (χ4n) is 4.68. The third-order valence-corrected chi connectivity index (χ3v) is 6.32. The number of benzene rings is 2. The molecular formula is C28H33N5O3. The molecule has 4 aromatic rings. The minimum atomic E-state index is -0.497. The summed E-state index contributed by atoms with van der Waals surface area (Å²) in [6.45, 7) is 9.89. The summed E-state index contributed by atoms with van der Waals surface area (Å²) < 4.78 is 13.1. The zero-order chi connectivity index (χ0) is 25.3. The van der Waals surface area contributed by atoms with E-state index in [1.807, 2.05) is 62.9 Å². The first-order chi connectivity index (χ1) is 17.3. The van der Waals surface area contributed by atoms with Crippen LogP contribution in [0.1, 0.15) is 40.5 Å². The summed E-state index contributed by atoms with van der Waals surface area (Å²) >= 11 is 0. The Hall–Kier alpha value is -3.81. The predicted molar refractivity (Wildman–Crippen MR) is 142 cm³/mol. The first kappa shape index (κ1) is 23.9. The molecule has 8 heteroatoms. The summed E-state index contributed by atoms with van der Waals surface area (Å²) in [5.74, 6) is 1.64. The van der Waals surface area contributed by atoms with Gasteiger partial charge in [-0.2, -0.15) is 0 Å². The van der Waals surface area contributed by atoms with Gasteiger partial charge in [-0.25, -0.2) is 14.8 Å². The topological polar surface area (TPSA) is 81.5 Å². The fourth-order valence-corrected chi connectivity index (χ4v) is 4.68. The minimum absolute atomic E-state index is 0.105. The summed E-state index contributed by atoms with van der Waals surface area (Å²) in [7, 11) is 0. The van der Waals surface area contributed by atoms with E-state index >= 15 is 0 Å². The first-order valence-corrected chi connectivity index (χ1v) is 12.6. The number of para-hydroxylation sites is 1. The van der Waals surface area contributed by atoms with Gasteiger partial charge >= 0.3 is 6.09 Å².